The maximum absolute atomic E-state index is 5.79. The molecule has 13 heavy (non-hydrogen) atoms. The van der Waals surface area contributed by atoms with Gasteiger partial charge in [0.1, 0.15) is 11.4 Å². The predicted molar refractivity (Wildman–Crippen MR) is 46.9 cm³/mol. The summed E-state index contributed by atoms with van der Waals surface area (Å²) in [6, 6.07) is 0.320. The lowest BCUT2D eigenvalue weighted by Crippen LogP contribution is -2.26. The Morgan fingerprint density at radius 3 is 3.00 bits per heavy atom. The van der Waals surface area contributed by atoms with Crippen molar-refractivity contribution in [2.75, 3.05) is 13.1 Å². The van der Waals surface area contributed by atoms with Crippen LogP contribution in [-0.4, -0.2) is 34.3 Å². The summed E-state index contributed by atoms with van der Waals surface area (Å²) in [6.07, 6.45) is 1.07. The van der Waals surface area contributed by atoms with E-state index in [1.165, 1.54) is 0 Å². The van der Waals surface area contributed by atoms with E-state index in [4.69, 9.17) is 5.73 Å². The smallest absolute Gasteiger partial charge is 0.122 e. The van der Waals surface area contributed by atoms with Crippen LogP contribution in [0.1, 0.15) is 17.8 Å². The van der Waals surface area contributed by atoms with Gasteiger partial charge in [-0.3, -0.25) is 4.90 Å². The lowest BCUT2D eigenvalue weighted by molar-refractivity contribution is 0.282. The van der Waals surface area contributed by atoms with Gasteiger partial charge in [-0.2, -0.15) is 0 Å². The minimum atomic E-state index is 0.320. The summed E-state index contributed by atoms with van der Waals surface area (Å²) in [5.41, 5.74) is 7.59. The van der Waals surface area contributed by atoms with Crippen molar-refractivity contribution in [2.24, 2.45) is 5.73 Å². The second-order valence-corrected chi connectivity index (χ2v) is 3.58. The Morgan fingerprint density at radius 2 is 2.46 bits per heavy atom. The highest BCUT2D eigenvalue weighted by molar-refractivity contribution is 5.04. The van der Waals surface area contributed by atoms with Crippen molar-refractivity contribution < 1.29 is 4.63 Å². The molecule has 0 aromatic carbocycles. The van der Waals surface area contributed by atoms with Crippen molar-refractivity contribution in [2.45, 2.75) is 25.9 Å². The molecule has 72 valence electrons. The lowest BCUT2D eigenvalue weighted by Gasteiger charge is -2.12. The first-order chi connectivity index (χ1) is 6.25. The standard InChI is InChI=1S/C8H14N4O/c1-6-8(11-13-10-6)5-12-3-2-7(9)4-12/h7H,2-5,9H2,1H3/t7-/m0/s1. The molecule has 0 amide bonds. The Hall–Kier alpha value is -0.940. The van der Waals surface area contributed by atoms with Crippen LogP contribution in [0.4, 0.5) is 0 Å². The van der Waals surface area contributed by atoms with Gasteiger partial charge in [0.05, 0.1) is 0 Å². The second kappa shape index (κ2) is 3.43. The van der Waals surface area contributed by atoms with Crippen LogP contribution in [0.25, 0.3) is 0 Å². The van der Waals surface area contributed by atoms with E-state index in [9.17, 15) is 0 Å². The van der Waals surface area contributed by atoms with Crippen LogP contribution in [0.2, 0.25) is 0 Å². The molecule has 1 aromatic rings. The quantitative estimate of drug-likeness (QED) is 0.692. The lowest BCUT2D eigenvalue weighted by atomic mass is 10.3. The fraction of sp³-hybridized carbons (Fsp3) is 0.750. The van der Waals surface area contributed by atoms with Crippen LogP contribution in [0.3, 0.4) is 0 Å². The first-order valence-electron chi connectivity index (χ1n) is 4.51. The third-order valence-corrected chi connectivity index (χ3v) is 2.43. The zero-order valence-corrected chi connectivity index (χ0v) is 7.73. The minimum Gasteiger partial charge on any atom is -0.326 e. The van der Waals surface area contributed by atoms with Crippen LogP contribution in [0, 0.1) is 6.92 Å². The number of likely N-dealkylation sites (tertiary alicyclic amines) is 1. The van der Waals surface area contributed by atoms with Crippen LogP contribution < -0.4 is 5.73 Å². The fourth-order valence-corrected chi connectivity index (χ4v) is 1.61. The van der Waals surface area contributed by atoms with Crippen molar-refractivity contribution >= 4 is 0 Å². The number of aromatic nitrogens is 2. The molecule has 1 aromatic heterocycles. The summed E-state index contributed by atoms with van der Waals surface area (Å²) in [5.74, 6) is 0. The highest BCUT2D eigenvalue weighted by Gasteiger charge is 2.20. The normalized spacial score (nSPS) is 24.0. The average molecular weight is 182 g/mol. The number of nitrogens with zero attached hydrogens (tertiary/aromatic N) is 3. The number of hydrogen-bond acceptors (Lipinski definition) is 5. The van der Waals surface area contributed by atoms with E-state index < -0.39 is 0 Å². The highest BCUT2D eigenvalue weighted by atomic mass is 16.6. The molecular weight excluding hydrogens is 168 g/mol. The van der Waals surface area contributed by atoms with Gasteiger partial charge >= 0.3 is 0 Å². The molecule has 2 N–H and O–H groups in total. The van der Waals surface area contributed by atoms with Crippen LogP contribution >= 0.6 is 0 Å². The largest absolute Gasteiger partial charge is 0.326 e. The third kappa shape index (κ3) is 1.87. The molecular formula is C8H14N4O. The molecule has 5 heteroatoms. The average Bonchev–Trinajstić information content (AvgIpc) is 2.64. The van der Waals surface area contributed by atoms with Gasteiger partial charge in [-0.25, -0.2) is 4.63 Å². The highest BCUT2D eigenvalue weighted by Crippen LogP contribution is 2.12. The zero-order chi connectivity index (χ0) is 9.26. The van der Waals surface area contributed by atoms with Gasteiger partial charge in [-0.15, -0.1) is 0 Å². The van der Waals surface area contributed by atoms with E-state index in [1.807, 2.05) is 6.92 Å². The molecule has 2 rings (SSSR count). The van der Waals surface area contributed by atoms with Crippen molar-refractivity contribution in [3.63, 3.8) is 0 Å². The first kappa shape index (κ1) is 8.65. The summed E-state index contributed by atoms with van der Waals surface area (Å²) in [7, 11) is 0. The molecule has 0 saturated carbocycles. The second-order valence-electron chi connectivity index (χ2n) is 3.58. The van der Waals surface area contributed by atoms with E-state index in [0.717, 1.165) is 37.4 Å². The van der Waals surface area contributed by atoms with Crippen molar-refractivity contribution in [3.05, 3.63) is 11.4 Å². The number of nitrogens with two attached hydrogens (primary N) is 1. The zero-order valence-electron chi connectivity index (χ0n) is 7.73. The van der Waals surface area contributed by atoms with E-state index >= 15 is 0 Å². The summed E-state index contributed by atoms with van der Waals surface area (Å²) in [5, 5.41) is 7.57. The molecule has 1 fully saturated rings. The molecule has 0 radical (unpaired) electrons. The van der Waals surface area contributed by atoms with Gasteiger partial charge in [0.25, 0.3) is 0 Å². The first-order valence-corrected chi connectivity index (χ1v) is 4.51. The molecule has 0 bridgehead atoms. The third-order valence-electron chi connectivity index (χ3n) is 2.43. The summed E-state index contributed by atoms with van der Waals surface area (Å²) in [4.78, 5) is 2.28. The number of hydrogen-bond donors (Lipinski definition) is 1. The minimum absolute atomic E-state index is 0.320. The maximum atomic E-state index is 5.79. The topological polar surface area (TPSA) is 68.2 Å². The predicted octanol–water partition coefficient (Wildman–Crippen LogP) is -0.0890. The number of aryl methyl sites for hydroxylation is 1. The van der Waals surface area contributed by atoms with Gasteiger partial charge in [0.2, 0.25) is 0 Å². The molecule has 1 saturated heterocycles. The Labute approximate surface area is 76.9 Å². The van der Waals surface area contributed by atoms with Gasteiger partial charge in [-0.05, 0) is 13.3 Å². The van der Waals surface area contributed by atoms with Crippen LogP contribution in [0.5, 0.6) is 0 Å². The van der Waals surface area contributed by atoms with Gasteiger partial charge in [0, 0.05) is 25.7 Å². The van der Waals surface area contributed by atoms with Gasteiger partial charge in [-0.1, -0.05) is 10.3 Å². The Bertz CT molecular complexity index is 285. The maximum Gasteiger partial charge on any atom is 0.122 e. The Balaban J connectivity index is 1.95. The van der Waals surface area contributed by atoms with Gasteiger partial charge in [0.15, 0.2) is 0 Å². The molecule has 5 nitrogen and oxygen atoms in total. The molecule has 0 aliphatic carbocycles. The van der Waals surface area contributed by atoms with Crippen molar-refractivity contribution in [1.82, 2.24) is 15.2 Å². The Morgan fingerprint density at radius 1 is 1.62 bits per heavy atom. The van der Waals surface area contributed by atoms with Crippen LogP contribution in [0.15, 0.2) is 4.63 Å². The summed E-state index contributed by atoms with van der Waals surface area (Å²) >= 11 is 0. The SMILES string of the molecule is Cc1nonc1CN1CC[C@H](N)C1. The molecule has 0 unspecified atom stereocenters. The Kier molecular flexibility index (Phi) is 2.28. The monoisotopic (exact) mass is 182 g/mol. The van der Waals surface area contributed by atoms with Crippen molar-refractivity contribution in [1.29, 1.82) is 0 Å². The summed E-state index contributed by atoms with van der Waals surface area (Å²) in [6.45, 7) is 4.71. The molecule has 1 aliphatic rings. The molecule has 2 heterocycles. The van der Waals surface area contributed by atoms with E-state index in [1.54, 1.807) is 0 Å². The molecule has 1 aliphatic heterocycles. The van der Waals surface area contributed by atoms with E-state index in [0.29, 0.717) is 6.04 Å². The van der Waals surface area contributed by atoms with Gasteiger partial charge < -0.3 is 5.73 Å². The van der Waals surface area contributed by atoms with Crippen LogP contribution in [-0.2, 0) is 6.54 Å². The molecule has 0 spiro atoms. The summed E-state index contributed by atoms with van der Waals surface area (Å²) < 4.78 is 4.62. The van der Waals surface area contributed by atoms with E-state index in [-0.39, 0.29) is 0 Å². The fourth-order valence-electron chi connectivity index (χ4n) is 1.61. The van der Waals surface area contributed by atoms with E-state index in [2.05, 4.69) is 19.8 Å². The van der Waals surface area contributed by atoms with Crippen molar-refractivity contribution in [3.8, 4) is 0 Å². The number of rotatable bonds is 2. The molecule has 1 atom stereocenters.